The normalized spacial score (nSPS) is 14.4. The molecule has 3 aromatic rings. The summed E-state index contributed by atoms with van der Waals surface area (Å²) in [5, 5.41) is 11.6. The number of hydrogen-bond donors (Lipinski definition) is 1. The summed E-state index contributed by atoms with van der Waals surface area (Å²) in [4.78, 5) is 35.9. The van der Waals surface area contributed by atoms with Crippen molar-refractivity contribution in [1.29, 1.82) is 0 Å². The van der Waals surface area contributed by atoms with Gasteiger partial charge in [-0.3, -0.25) is 14.9 Å². The van der Waals surface area contributed by atoms with E-state index in [1.165, 1.54) is 26.4 Å². The summed E-state index contributed by atoms with van der Waals surface area (Å²) in [6.07, 6.45) is 0.712. The van der Waals surface area contributed by atoms with Crippen molar-refractivity contribution >= 4 is 28.6 Å². The van der Waals surface area contributed by atoms with E-state index < -0.39 is 10.8 Å². The van der Waals surface area contributed by atoms with Gasteiger partial charge in [-0.15, -0.1) is 0 Å². The van der Waals surface area contributed by atoms with Crippen LogP contribution in [0.3, 0.4) is 0 Å². The first kappa shape index (κ1) is 20.5. The molecule has 162 valence electrons. The largest absolute Gasteiger partial charge is 0.493 e. The van der Waals surface area contributed by atoms with E-state index in [2.05, 4.69) is 14.9 Å². The molecule has 0 atom stereocenters. The Balaban J connectivity index is 1.56. The van der Waals surface area contributed by atoms with Crippen molar-refractivity contribution in [1.82, 2.24) is 14.9 Å². The Kier molecular flexibility index (Phi) is 5.61. The Morgan fingerprint density at radius 3 is 2.55 bits per heavy atom. The van der Waals surface area contributed by atoms with E-state index in [4.69, 9.17) is 9.47 Å². The zero-order chi connectivity index (χ0) is 22.0. The fourth-order valence-electron chi connectivity index (χ4n) is 3.78. The van der Waals surface area contributed by atoms with Crippen LogP contribution in [-0.2, 0) is 0 Å². The van der Waals surface area contributed by atoms with E-state index >= 15 is 0 Å². The lowest BCUT2D eigenvalue weighted by molar-refractivity contribution is -0.385. The van der Waals surface area contributed by atoms with E-state index in [1.807, 2.05) is 24.3 Å². The number of para-hydroxylation sites is 2. The molecule has 0 bridgehead atoms. The van der Waals surface area contributed by atoms with Gasteiger partial charge in [-0.25, -0.2) is 4.98 Å². The number of carbonyl (C=O) groups is 1. The minimum absolute atomic E-state index is 0.0140. The number of carbonyl (C=O) groups excluding carboxylic acids is 1. The van der Waals surface area contributed by atoms with Gasteiger partial charge in [0, 0.05) is 32.2 Å². The topological polar surface area (TPSA) is 114 Å². The maximum atomic E-state index is 13.2. The Labute approximate surface area is 178 Å². The average molecular weight is 425 g/mol. The summed E-state index contributed by atoms with van der Waals surface area (Å²) in [7, 11) is 2.82. The molecule has 1 N–H and O–H groups in total. The van der Waals surface area contributed by atoms with E-state index in [9.17, 15) is 14.9 Å². The van der Waals surface area contributed by atoms with Crippen LogP contribution in [0.4, 0.5) is 11.6 Å². The number of ether oxygens (including phenoxy) is 2. The quantitative estimate of drug-likeness (QED) is 0.494. The molecule has 0 unspecified atom stereocenters. The van der Waals surface area contributed by atoms with Gasteiger partial charge in [0.2, 0.25) is 5.95 Å². The highest BCUT2D eigenvalue weighted by Crippen LogP contribution is 2.35. The number of H-pyrrole nitrogens is 1. The Morgan fingerprint density at radius 1 is 1.10 bits per heavy atom. The highest BCUT2D eigenvalue weighted by Gasteiger charge is 2.29. The fourth-order valence-corrected chi connectivity index (χ4v) is 3.78. The predicted octanol–water partition coefficient (Wildman–Crippen LogP) is 2.84. The first-order valence-corrected chi connectivity index (χ1v) is 9.91. The number of nitro benzene ring substituents is 1. The van der Waals surface area contributed by atoms with Gasteiger partial charge in [0.25, 0.3) is 11.6 Å². The standard InChI is InChI=1S/C21H23N5O5/c1-30-18-12-14(17(26(28)29)13-19(18)31-2)20(27)24-8-5-9-25(11-10-24)21-22-15-6-3-4-7-16(15)23-21/h3-4,6-7,12-13H,5,8-11H2,1-2H3,(H,22,23). The van der Waals surface area contributed by atoms with Crippen LogP contribution in [-0.4, -0.2) is 66.1 Å². The molecule has 1 amide bonds. The zero-order valence-corrected chi connectivity index (χ0v) is 17.3. The van der Waals surface area contributed by atoms with Gasteiger partial charge < -0.3 is 24.3 Å². The number of aromatic nitrogens is 2. The summed E-state index contributed by atoms with van der Waals surface area (Å²) in [5.41, 5.74) is 1.52. The van der Waals surface area contributed by atoms with E-state index in [-0.39, 0.29) is 22.7 Å². The molecule has 1 fully saturated rings. The van der Waals surface area contributed by atoms with Gasteiger partial charge in [0.05, 0.1) is 36.2 Å². The maximum absolute atomic E-state index is 13.2. The van der Waals surface area contributed by atoms with E-state index in [0.717, 1.165) is 23.5 Å². The average Bonchev–Trinajstić information content (AvgIpc) is 3.06. The van der Waals surface area contributed by atoms with Crippen LogP contribution < -0.4 is 14.4 Å². The van der Waals surface area contributed by atoms with Gasteiger partial charge in [-0.1, -0.05) is 12.1 Å². The molecule has 2 aromatic carbocycles. The molecule has 10 nitrogen and oxygen atoms in total. The number of hydrogen-bond acceptors (Lipinski definition) is 7. The number of nitro groups is 1. The summed E-state index contributed by atoms with van der Waals surface area (Å²) < 4.78 is 10.4. The third-order valence-electron chi connectivity index (χ3n) is 5.39. The van der Waals surface area contributed by atoms with Crippen molar-refractivity contribution in [2.24, 2.45) is 0 Å². The molecule has 1 aromatic heterocycles. The Morgan fingerprint density at radius 2 is 1.84 bits per heavy atom. The number of methoxy groups -OCH3 is 2. The summed E-state index contributed by atoms with van der Waals surface area (Å²) in [6, 6.07) is 10.4. The number of imidazole rings is 1. The van der Waals surface area contributed by atoms with Crippen molar-refractivity contribution in [3.05, 3.63) is 52.1 Å². The first-order valence-electron chi connectivity index (χ1n) is 9.91. The molecule has 0 radical (unpaired) electrons. The number of nitrogens with one attached hydrogen (secondary N) is 1. The molecule has 10 heteroatoms. The van der Waals surface area contributed by atoms with Crippen LogP contribution in [0.25, 0.3) is 11.0 Å². The lowest BCUT2D eigenvalue weighted by Gasteiger charge is -2.22. The smallest absolute Gasteiger partial charge is 0.286 e. The van der Waals surface area contributed by atoms with Crippen molar-refractivity contribution in [3.8, 4) is 11.5 Å². The lowest BCUT2D eigenvalue weighted by atomic mass is 10.1. The van der Waals surface area contributed by atoms with Crippen LogP contribution in [0.15, 0.2) is 36.4 Å². The highest BCUT2D eigenvalue weighted by atomic mass is 16.6. The molecule has 31 heavy (non-hydrogen) atoms. The Bertz CT molecular complexity index is 1100. The van der Waals surface area contributed by atoms with Gasteiger partial charge in [-0.2, -0.15) is 0 Å². The van der Waals surface area contributed by atoms with Crippen LogP contribution in [0.2, 0.25) is 0 Å². The number of rotatable bonds is 5. The molecule has 1 saturated heterocycles. The Hall–Kier alpha value is -3.82. The van der Waals surface area contributed by atoms with Crippen LogP contribution in [0.5, 0.6) is 11.5 Å². The first-order chi connectivity index (χ1) is 15.0. The molecule has 0 saturated carbocycles. The molecule has 1 aliphatic heterocycles. The highest BCUT2D eigenvalue weighted by molar-refractivity contribution is 5.99. The zero-order valence-electron chi connectivity index (χ0n) is 17.3. The minimum atomic E-state index is -0.576. The van der Waals surface area contributed by atoms with Crippen molar-refractivity contribution in [2.45, 2.75) is 6.42 Å². The number of benzene rings is 2. The molecule has 0 aliphatic carbocycles. The van der Waals surface area contributed by atoms with Crippen LogP contribution in [0.1, 0.15) is 16.8 Å². The van der Waals surface area contributed by atoms with E-state index in [0.29, 0.717) is 26.1 Å². The summed E-state index contributed by atoms with van der Waals surface area (Å²) in [6.45, 7) is 2.19. The number of amides is 1. The van der Waals surface area contributed by atoms with Gasteiger partial charge >= 0.3 is 0 Å². The van der Waals surface area contributed by atoms with Crippen molar-refractivity contribution in [3.63, 3.8) is 0 Å². The van der Waals surface area contributed by atoms with Crippen molar-refractivity contribution in [2.75, 3.05) is 45.3 Å². The molecular formula is C21H23N5O5. The third-order valence-corrected chi connectivity index (χ3v) is 5.39. The predicted molar refractivity (Wildman–Crippen MR) is 115 cm³/mol. The number of fused-ring (bicyclic) bond motifs is 1. The van der Waals surface area contributed by atoms with Crippen LogP contribution >= 0.6 is 0 Å². The number of aromatic amines is 1. The molecule has 1 aliphatic rings. The van der Waals surface area contributed by atoms with Gasteiger partial charge in [0.1, 0.15) is 5.56 Å². The van der Waals surface area contributed by atoms with E-state index in [1.54, 1.807) is 4.90 Å². The van der Waals surface area contributed by atoms with Crippen molar-refractivity contribution < 1.29 is 19.2 Å². The second-order valence-electron chi connectivity index (χ2n) is 7.19. The molecule has 0 spiro atoms. The maximum Gasteiger partial charge on any atom is 0.286 e. The third kappa shape index (κ3) is 3.96. The SMILES string of the molecule is COc1cc(C(=O)N2CCCN(c3nc4ccccc4[nH]3)CC2)c([N+](=O)[O-])cc1OC. The van der Waals surface area contributed by atoms with Gasteiger partial charge in [-0.05, 0) is 18.6 Å². The molecular weight excluding hydrogens is 402 g/mol. The minimum Gasteiger partial charge on any atom is -0.493 e. The fraction of sp³-hybridized carbons (Fsp3) is 0.333. The lowest BCUT2D eigenvalue weighted by Crippen LogP contribution is -2.35. The second kappa shape index (κ2) is 8.50. The number of anilines is 1. The molecule has 2 heterocycles. The van der Waals surface area contributed by atoms with Gasteiger partial charge in [0.15, 0.2) is 11.5 Å². The second-order valence-corrected chi connectivity index (χ2v) is 7.19. The molecule has 4 rings (SSSR count). The summed E-state index contributed by atoms with van der Waals surface area (Å²) in [5.74, 6) is 0.833. The summed E-state index contributed by atoms with van der Waals surface area (Å²) >= 11 is 0. The monoisotopic (exact) mass is 425 g/mol. The number of nitrogens with zero attached hydrogens (tertiary/aromatic N) is 4. The van der Waals surface area contributed by atoms with Crippen LogP contribution in [0, 0.1) is 10.1 Å².